The molecule has 24 heavy (non-hydrogen) atoms. The highest BCUT2D eigenvalue weighted by Crippen LogP contribution is 2.32. The van der Waals surface area contributed by atoms with E-state index in [0.29, 0.717) is 26.1 Å². The maximum Gasteiger partial charge on any atom is 0.325 e. The number of amides is 3. The summed E-state index contributed by atoms with van der Waals surface area (Å²) in [6.45, 7) is 6.98. The fourth-order valence-electron chi connectivity index (χ4n) is 3.73. The molecule has 1 spiro atoms. The first-order chi connectivity index (χ1) is 11.3. The topological polar surface area (TPSA) is 72.9 Å². The number of carbonyl (C=O) groups excluding carboxylic acids is 2. The van der Waals surface area contributed by atoms with Crippen molar-refractivity contribution in [1.82, 2.24) is 15.1 Å². The number of urea groups is 1. The quantitative estimate of drug-likeness (QED) is 0.816. The second kappa shape index (κ2) is 5.86. The highest BCUT2D eigenvalue weighted by molar-refractivity contribution is 6.07. The van der Waals surface area contributed by atoms with Crippen LogP contribution in [0.5, 0.6) is 0 Å². The number of nitrogens with one attached hydrogen (secondary N) is 1. The number of aliphatic hydroxyl groups is 1. The molecule has 0 bridgehead atoms. The largest absolute Gasteiger partial charge is 0.384 e. The molecule has 2 N–H and O–H groups in total. The van der Waals surface area contributed by atoms with Gasteiger partial charge in [-0.05, 0) is 32.8 Å². The van der Waals surface area contributed by atoms with Crippen LogP contribution in [0, 0.1) is 0 Å². The Balaban J connectivity index is 1.72. The van der Waals surface area contributed by atoms with E-state index < -0.39 is 11.1 Å². The minimum Gasteiger partial charge on any atom is -0.384 e. The Bertz CT molecular complexity index is 644. The summed E-state index contributed by atoms with van der Waals surface area (Å²) < 4.78 is 0. The van der Waals surface area contributed by atoms with Gasteiger partial charge in [-0.25, -0.2) is 4.79 Å². The number of imide groups is 1. The van der Waals surface area contributed by atoms with Gasteiger partial charge in [0.1, 0.15) is 5.54 Å². The van der Waals surface area contributed by atoms with Gasteiger partial charge in [-0.2, -0.15) is 0 Å². The predicted molar refractivity (Wildman–Crippen MR) is 90.3 cm³/mol. The Morgan fingerprint density at radius 1 is 1.29 bits per heavy atom. The van der Waals surface area contributed by atoms with E-state index in [1.807, 2.05) is 44.2 Å². The van der Waals surface area contributed by atoms with Crippen molar-refractivity contribution in [2.75, 3.05) is 19.6 Å². The Morgan fingerprint density at radius 2 is 1.96 bits per heavy atom. The molecule has 2 atom stereocenters. The van der Waals surface area contributed by atoms with E-state index >= 15 is 0 Å². The van der Waals surface area contributed by atoms with Crippen molar-refractivity contribution in [2.45, 2.75) is 44.4 Å². The molecule has 2 saturated heterocycles. The lowest BCUT2D eigenvalue weighted by atomic mass is 9.95. The van der Waals surface area contributed by atoms with Crippen molar-refractivity contribution >= 4 is 11.9 Å². The lowest BCUT2D eigenvalue weighted by Crippen LogP contribution is -2.50. The summed E-state index contributed by atoms with van der Waals surface area (Å²) in [5.41, 5.74) is -0.999. The normalized spacial score (nSPS) is 27.1. The lowest BCUT2D eigenvalue weighted by molar-refractivity contribution is -0.132. The predicted octanol–water partition coefficient (Wildman–Crippen LogP) is 1.30. The zero-order valence-electron chi connectivity index (χ0n) is 14.5. The monoisotopic (exact) mass is 331 g/mol. The van der Waals surface area contributed by atoms with Crippen LogP contribution in [0.3, 0.4) is 0 Å². The van der Waals surface area contributed by atoms with Crippen LogP contribution in [-0.2, 0) is 10.4 Å². The molecule has 0 aliphatic carbocycles. The summed E-state index contributed by atoms with van der Waals surface area (Å²) in [4.78, 5) is 28.2. The molecule has 6 nitrogen and oxygen atoms in total. The third-order valence-electron chi connectivity index (χ3n) is 4.99. The summed E-state index contributed by atoms with van der Waals surface area (Å²) in [7, 11) is 0. The van der Waals surface area contributed by atoms with E-state index in [9.17, 15) is 14.7 Å². The minimum absolute atomic E-state index is 0.149. The molecule has 0 saturated carbocycles. The highest BCUT2D eigenvalue weighted by atomic mass is 16.3. The van der Waals surface area contributed by atoms with Crippen LogP contribution < -0.4 is 5.32 Å². The summed E-state index contributed by atoms with van der Waals surface area (Å²) in [5, 5.41) is 13.7. The van der Waals surface area contributed by atoms with Crippen molar-refractivity contribution in [2.24, 2.45) is 0 Å². The summed E-state index contributed by atoms with van der Waals surface area (Å²) in [6, 6.07) is 9.04. The van der Waals surface area contributed by atoms with Crippen molar-refractivity contribution in [3.05, 3.63) is 35.9 Å². The van der Waals surface area contributed by atoms with Crippen LogP contribution in [0.4, 0.5) is 4.79 Å². The number of hydrogen-bond donors (Lipinski definition) is 2. The standard InChI is InChI=1S/C18H25N3O3/c1-13(2)21-15(22)18(19-16(21)23)9-10-20(12-18)11-17(3,24)14-7-5-4-6-8-14/h4-8,13,24H,9-12H2,1-3H3,(H,19,23). The Kier molecular flexibility index (Phi) is 4.13. The molecule has 0 radical (unpaired) electrons. The molecule has 3 rings (SSSR count). The maximum atomic E-state index is 12.7. The van der Waals surface area contributed by atoms with Crippen LogP contribution in [0.25, 0.3) is 0 Å². The smallest absolute Gasteiger partial charge is 0.325 e. The lowest BCUT2D eigenvalue weighted by Gasteiger charge is -2.30. The Labute approximate surface area is 142 Å². The van der Waals surface area contributed by atoms with E-state index in [1.165, 1.54) is 4.90 Å². The molecular formula is C18H25N3O3. The second-order valence-corrected chi connectivity index (χ2v) is 7.38. The molecule has 2 aliphatic rings. The summed E-state index contributed by atoms with van der Waals surface area (Å²) in [6.07, 6.45) is 0.575. The van der Waals surface area contributed by atoms with Gasteiger partial charge in [0.2, 0.25) is 0 Å². The Hall–Kier alpha value is -1.92. The van der Waals surface area contributed by atoms with Gasteiger partial charge < -0.3 is 10.4 Å². The molecular weight excluding hydrogens is 306 g/mol. The molecule has 0 aromatic heterocycles. The molecule has 6 heteroatoms. The molecule has 2 unspecified atom stereocenters. The molecule has 1 aromatic carbocycles. The van der Waals surface area contributed by atoms with Crippen LogP contribution in [0.1, 0.15) is 32.8 Å². The van der Waals surface area contributed by atoms with E-state index in [4.69, 9.17) is 0 Å². The van der Waals surface area contributed by atoms with Gasteiger partial charge in [-0.1, -0.05) is 30.3 Å². The van der Waals surface area contributed by atoms with Gasteiger partial charge in [0.15, 0.2) is 0 Å². The zero-order valence-corrected chi connectivity index (χ0v) is 14.5. The third kappa shape index (κ3) is 2.80. The number of rotatable bonds is 4. The van der Waals surface area contributed by atoms with Crippen molar-refractivity contribution in [3.63, 3.8) is 0 Å². The molecule has 2 aliphatic heterocycles. The average Bonchev–Trinajstić information content (AvgIpc) is 3.01. The first-order valence-electron chi connectivity index (χ1n) is 8.41. The average molecular weight is 331 g/mol. The number of nitrogens with zero attached hydrogens (tertiary/aromatic N) is 2. The molecule has 130 valence electrons. The number of carbonyl (C=O) groups is 2. The molecule has 2 fully saturated rings. The van der Waals surface area contributed by atoms with Crippen LogP contribution in [-0.4, -0.2) is 58.1 Å². The zero-order chi connectivity index (χ0) is 17.5. The van der Waals surface area contributed by atoms with E-state index in [0.717, 1.165) is 5.56 Å². The van der Waals surface area contributed by atoms with Gasteiger partial charge in [0, 0.05) is 25.7 Å². The highest BCUT2D eigenvalue weighted by Gasteiger charge is 2.55. The number of hydrogen-bond acceptors (Lipinski definition) is 4. The molecule has 1 aromatic rings. The van der Waals surface area contributed by atoms with Crippen LogP contribution >= 0.6 is 0 Å². The molecule has 3 amide bonds. The molecule has 2 heterocycles. The summed E-state index contributed by atoms with van der Waals surface area (Å²) >= 11 is 0. The van der Waals surface area contributed by atoms with E-state index in [-0.39, 0.29) is 18.0 Å². The third-order valence-corrected chi connectivity index (χ3v) is 4.99. The fraction of sp³-hybridized carbons (Fsp3) is 0.556. The van der Waals surface area contributed by atoms with E-state index in [1.54, 1.807) is 6.92 Å². The van der Waals surface area contributed by atoms with Crippen molar-refractivity contribution in [3.8, 4) is 0 Å². The first kappa shape index (κ1) is 16.9. The van der Waals surface area contributed by atoms with Gasteiger partial charge in [0.25, 0.3) is 5.91 Å². The van der Waals surface area contributed by atoms with Crippen molar-refractivity contribution < 1.29 is 14.7 Å². The SMILES string of the molecule is CC(C)N1C(=O)NC2(CCN(CC(C)(O)c3ccccc3)C2)C1=O. The van der Waals surface area contributed by atoms with Gasteiger partial charge >= 0.3 is 6.03 Å². The van der Waals surface area contributed by atoms with E-state index in [2.05, 4.69) is 10.2 Å². The van der Waals surface area contributed by atoms with Crippen LogP contribution in [0.15, 0.2) is 30.3 Å². The second-order valence-electron chi connectivity index (χ2n) is 7.38. The van der Waals surface area contributed by atoms with Crippen LogP contribution in [0.2, 0.25) is 0 Å². The van der Waals surface area contributed by atoms with Gasteiger partial charge in [-0.3, -0.25) is 14.6 Å². The number of benzene rings is 1. The first-order valence-corrected chi connectivity index (χ1v) is 8.41. The fourth-order valence-corrected chi connectivity index (χ4v) is 3.73. The number of likely N-dealkylation sites (tertiary alicyclic amines) is 1. The maximum absolute atomic E-state index is 12.7. The Morgan fingerprint density at radius 3 is 2.54 bits per heavy atom. The van der Waals surface area contributed by atoms with Crippen molar-refractivity contribution in [1.29, 1.82) is 0 Å². The summed E-state index contributed by atoms with van der Waals surface area (Å²) in [5.74, 6) is -0.149. The van der Waals surface area contributed by atoms with Gasteiger partial charge in [-0.15, -0.1) is 0 Å². The number of β-amino-alcohol motifs (C(OH)–C–C–N with tert-alkyl or cyclic N) is 1. The minimum atomic E-state index is -1.00. The van der Waals surface area contributed by atoms with Gasteiger partial charge in [0.05, 0.1) is 5.60 Å².